The molecule has 0 N–H and O–H groups in total. The number of piperazine rings is 1. The van der Waals surface area contributed by atoms with Gasteiger partial charge < -0.3 is 9.64 Å². The van der Waals surface area contributed by atoms with E-state index in [9.17, 15) is 26.4 Å². The van der Waals surface area contributed by atoms with Crippen molar-refractivity contribution in [3.05, 3.63) is 82.0 Å². The largest absolute Gasteiger partial charge is 0.485 e. The molecule has 0 unspecified atom stereocenters. The Kier molecular flexibility index (Phi) is 7.19. The molecule has 0 atom stereocenters. The molecule has 12 heteroatoms. The van der Waals surface area contributed by atoms with Gasteiger partial charge >= 0.3 is 5.56 Å². The third-order valence-electron chi connectivity index (χ3n) is 7.32. The van der Waals surface area contributed by atoms with E-state index in [-0.39, 0.29) is 50.0 Å². The second kappa shape index (κ2) is 10.3. The molecule has 8 nitrogen and oxygen atoms in total. The molecule has 0 amide bonds. The second-order valence-corrected chi connectivity index (χ2v) is 12.8. The Bertz CT molecular complexity index is 1530. The maximum absolute atomic E-state index is 13.9. The third-order valence-corrected chi connectivity index (χ3v) is 9.60. The summed E-state index contributed by atoms with van der Waals surface area (Å²) in [4.78, 5) is 15.4. The minimum absolute atomic E-state index is 0.0717. The third kappa shape index (κ3) is 5.40. The highest BCUT2D eigenvalue weighted by atomic mass is 32.2. The van der Waals surface area contributed by atoms with Crippen LogP contribution in [0.1, 0.15) is 32.3 Å². The smallest absolute Gasteiger partial charge is 0.316 e. The van der Waals surface area contributed by atoms with Crippen molar-refractivity contribution in [2.24, 2.45) is 0 Å². The molecule has 5 rings (SSSR count). The molecule has 1 saturated heterocycles. The summed E-state index contributed by atoms with van der Waals surface area (Å²) in [6, 6.07) is 8.93. The van der Waals surface area contributed by atoms with Crippen LogP contribution in [0.4, 0.5) is 18.9 Å². The molecule has 0 radical (unpaired) electrons. The van der Waals surface area contributed by atoms with E-state index >= 15 is 0 Å². The molecule has 2 heterocycles. The predicted molar refractivity (Wildman–Crippen MR) is 140 cm³/mol. The molecule has 3 aromatic rings. The summed E-state index contributed by atoms with van der Waals surface area (Å²) < 4.78 is 75.4. The zero-order valence-corrected chi connectivity index (χ0v) is 22.4. The fraction of sp³-hybridized carbons (Fsp3) is 0.407. The number of anilines is 1. The number of nitrogens with zero attached hydrogens (tertiary/aromatic N) is 4. The lowest BCUT2D eigenvalue weighted by Crippen LogP contribution is -2.50. The summed E-state index contributed by atoms with van der Waals surface area (Å²) in [7, 11) is -3.44. The van der Waals surface area contributed by atoms with Gasteiger partial charge in [0.25, 0.3) is 0 Å². The number of ether oxygens (including phenoxy) is 1. The van der Waals surface area contributed by atoms with E-state index < -0.39 is 37.9 Å². The van der Waals surface area contributed by atoms with Crippen LogP contribution in [-0.4, -0.2) is 60.5 Å². The van der Waals surface area contributed by atoms with Crippen molar-refractivity contribution in [2.75, 3.05) is 37.7 Å². The van der Waals surface area contributed by atoms with Gasteiger partial charge in [-0.2, -0.15) is 14.1 Å². The molecule has 2 aromatic carbocycles. The van der Waals surface area contributed by atoms with Gasteiger partial charge in [0, 0.05) is 37.7 Å². The molecule has 0 spiro atoms. The van der Waals surface area contributed by atoms with E-state index in [1.165, 1.54) is 22.6 Å². The zero-order valence-electron chi connectivity index (χ0n) is 21.6. The maximum atomic E-state index is 13.9. The van der Waals surface area contributed by atoms with Crippen LogP contribution in [0.25, 0.3) is 5.69 Å². The number of benzene rings is 2. The normalized spacial score (nSPS) is 17.4. The number of halogens is 3. The van der Waals surface area contributed by atoms with Crippen LogP contribution in [0.2, 0.25) is 0 Å². The lowest BCUT2D eigenvalue weighted by molar-refractivity contribution is 0.271. The highest BCUT2D eigenvalue weighted by Gasteiger charge is 2.46. The van der Waals surface area contributed by atoms with Crippen molar-refractivity contribution in [1.29, 1.82) is 0 Å². The van der Waals surface area contributed by atoms with E-state index in [4.69, 9.17) is 4.74 Å². The molecule has 1 saturated carbocycles. The number of hydrogen-bond donors (Lipinski definition) is 0. The molecule has 39 heavy (non-hydrogen) atoms. The van der Waals surface area contributed by atoms with Crippen molar-refractivity contribution in [2.45, 2.75) is 37.4 Å². The molecule has 2 aliphatic rings. The SMILES string of the molecule is CC(C)S(=O)(=O)N1CCN(c2cnn(-c3cc(F)cc(F)c3)c(=O)c2OCC2(c3cccc(F)c3)CC2)CC1. The van der Waals surface area contributed by atoms with E-state index in [0.717, 1.165) is 35.2 Å². The Balaban J connectivity index is 1.48. The Morgan fingerprint density at radius 2 is 1.64 bits per heavy atom. The fourth-order valence-corrected chi connectivity index (χ4v) is 6.08. The average Bonchev–Trinajstić information content (AvgIpc) is 3.68. The number of aromatic nitrogens is 2. The first-order chi connectivity index (χ1) is 18.5. The Morgan fingerprint density at radius 3 is 2.23 bits per heavy atom. The van der Waals surface area contributed by atoms with Gasteiger partial charge in [-0.25, -0.2) is 21.6 Å². The van der Waals surface area contributed by atoms with Crippen LogP contribution in [-0.2, 0) is 15.4 Å². The number of sulfonamides is 1. The van der Waals surface area contributed by atoms with Gasteiger partial charge in [-0.3, -0.25) is 4.79 Å². The van der Waals surface area contributed by atoms with E-state index in [2.05, 4.69) is 5.10 Å². The predicted octanol–water partition coefficient (Wildman–Crippen LogP) is 3.62. The molecule has 1 aromatic heterocycles. The minimum Gasteiger partial charge on any atom is -0.485 e. The van der Waals surface area contributed by atoms with Gasteiger partial charge in [0.15, 0.2) is 0 Å². The van der Waals surface area contributed by atoms with Gasteiger partial charge in [-0.05, 0) is 56.5 Å². The summed E-state index contributed by atoms with van der Waals surface area (Å²) in [5.41, 5.74) is -0.171. The summed E-state index contributed by atoms with van der Waals surface area (Å²) in [6.07, 6.45) is 2.87. The van der Waals surface area contributed by atoms with Gasteiger partial charge in [-0.1, -0.05) is 12.1 Å². The lowest BCUT2D eigenvalue weighted by Gasteiger charge is -2.36. The Hall–Kier alpha value is -3.38. The minimum atomic E-state index is -3.44. The summed E-state index contributed by atoms with van der Waals surface area (Å²) in [5.74, 6) is -2.17. The first kappa shape index (κ1) is 27.2. The summed E-state index contributed by atoms with van der Waals surface area (Å²) in [5, 5.41) is 3.60. The van der Waals surface area contributed by atoms with Crippen molar-refractivity contribution in [3.63, 3.8) is 0 Å². The van der Waals surface area contributed by atoms with Gasteiger partial charge in [0.1, 0.15) is 23.1 Å². The van der Waals surface area contributed by atoms with Gasteiger partial charge in [0.05, 0.1) is 23.7 Å². The van der Waals surface area contributed by atoms with Crippen molar-refractivity contribution < 1.29 is 26.3 Å². The Labute approximate surface area is 224 Å². The van der Waals surface area contributed by atoms with Crippen molar-refractivity contribution in [1.82, 2.24) is 14.1 Å². The van der Waals surface area contributed by atoms with Crippen LogP contribution in [0.3, 0.4) is 0 Å². The molecule has 1 aliphatic heterocycles. The van der Waals surface area contributed by atoms with Gasteiger partial charge in [-0.15, -0.1) is 0 Å². The van der Waals surface area contributed by atoms with Crippen molar-refractivity contribution in [3.8, 4) is 11.4 Å². The monoisotopic (exact) mass is 562 g/mol. The zero-order chi connectivity index (χ0) is 27.9. The summed E-state index contributed by atoms with van der Waals surface area (Å²) in [6.45, 7) is 4.34. The molecular weight excluding hydrogens is 533 g/mol. The summed E-state index contributed by atoms with van der Waals surface area (Å²) >= 11 is 0. The maximum Gasteiger partial charge on any atom is 0.316 e. The van der Waals surface area contributed by atoms with Crippen LogP contribution < -0.4 is 15.2 Å². The van der Waals surface area contributed by atoms with E-state index in [1.807, 2.05) is 11.0 Å². The Morgan fingerprint density at radius 1 is 0.974 bits per heavy atom. The van der Waals surface area contributed by atoms with Crippen LogP contribution in [0.5, 0.6) is 5.75 Å². The standard InChI is InChI=1S/C27H29F3N4O4S/c1-18(2)39(36,37)33-10-8-32(9-11-33)24-16-31-34(23-14-21(29)13-22(30)15-23)26(35)25(24)38-17-27(6-7-27)19-4-3-5-20(28)12-19/h3-5,12-16,18H,6-11,17H2,1-2H3. The number of rotatable bonds is 8. The molecular formula is C27H29F3N4O4S. The lowest BCUT2D eigenvalue weighted by atomic mass is 9.97. The van der Waals surface area contributed by atoms with E-state index in [0.29, 0.717) is 11.8 Å². The quantitative estimate of drug-likeness (QED) is 0.417. The highest BCUT2D eigenvalue weighted by molar-refractivity contribution is 7.89. The van der Waals surface area contributed by atoms with Crippen molar-refractivity contribution >= 4 is 15.7 Å². The van der Waals surface area contributed by atoms with Crippen LogP contribution >= 0.6 is 0 Å². The fourth-order valence-electron chi connectivity index (χ4n) is 4.81. The molecule has 0 bridgehead atoms. The highest BCUT2D eigenvalue weighted by Crippen LogP contribution is 2.48. The average molecular weight is 563 g/mol. The molecule has 208 valence electrons. The first-order valence-electron chi connectivity index (χ1n) is 12.7. The number of hydrogen-bond acceptors (Lipinski definition) is 6. The topological polar surface area (TPSA) is 84.7 Å². The van der Waals surface area contributed by atoms with E-state index in [1.54, 1.807) is 19.9 Å². The van der Waals surface area contributed by atoms with Crippen LogP contribution in [0, 0.1) is 17.5 Å². The second-order valence-electron chi connectivity index (χ2n) is 10.3. The molecule has 2 fully saturated rings. The van der Waals surface area contributed by atoms with Gasteiger partial charge in [0.2, 0.25) is 15.8 Å². The van der Waals surface area contributed by atoms with Crippen LogP contribution in [0.15, 0.2) is 53.5 Å². The molecule has 1 aliphatic carbocycles. The first-order valence-corrected chi connectivity index (χ1v) is 14.2.